The number of rotatable bonds is 3. The average molecular weight is 410 g/mol. The predicted molar refractivity (Wildman–Crippen MR) is 127 cm³/mol. The van der Waals surface area contributed by atoms with E-state index >= 15 is 0 Å². The highest BCUT2D eigenvalue weighted by Crippen LogP contribution is 2.45. The lowest BCUT2D eigenvalue weighted by atomic mass is 9.81. The molecule has 158 valence electrons. The third-order valence-corrected chi connectivity index (χ3v) is 8.34. The molecule has 0 N–H and O–H groups in total. The molecule has 3 heteroatoms. The van der Waals surface area contributed by atoms with Gasteiger partial charge >= 0.3 is 0 Å². The first-order valence-corrected chi connectivity index (χ1v) is 12.2. The van der Waals surface area contributed by atoms with Crippen LogP contribution < -0.4 is 0 Å². The Morgan fingerprint density at radius 3 is 2.55 bits per heavy atom. The zero-order valence-electron chi connectivity index (χ0n) is 18.3. The van der Waals surface area contributed by atoms with Gasteiger partial charge in [-0.25, -0.2) is 0 Å². The number of hydrogen-bond acceptors (Lipinski definition) is 2. The predicted octanol–water partition coefficient (Wildman–Crippen LogP) is 5.60. The lowest BCUT2D eigenvalue weighted by Crippen LogP contribution is -2.39. The van der Waals surface area contributed by atoms with Crippen LogP contribution in [0, 0.1) is 5.92 Å². The van der Waals surface area contributed by atoms with Crippen molar-refractivity contribution in [1.82, 2.24) is 14.4 Å². The van der Waals surface area contributed by atoms with E-state index in [0.29, 0.717) is 6.04 Å². The van der Waals surface area contributed by atoms with Gasteiger partial charge in [0.1, 0.15) is 0 Å². The van der Waals surface area contributed by atoms with Crippen LogP contribution in [0.4, 0.5) is 0 Å². The van der Waals surface area contributed by atoms with Crippen molar-refractivity contribution >= 4 is 16.5 Å². The Hall–Kier alpha value is -2.52. The number of piperidine rings is 1. The van der Waals surface area contributed by atoms with Crippen molar-refractivity contribution in [2.24, 2.45) is 5.92 Å². The Kier molecular flexibility index (Phi) is 4.08. The van der Waals surface area contributed by atoms with E-state index in [-0.39, 0.29) is 0 Å². The Morgan fingerprint density at radius 1 is 0.871 bits per heavy atom. The number of fused-ring (bicyclic) bond motifs is 5. The maximum absolute atomic E-state index is 2.74. The van der Waals surface area contributed by atoms with Gasteiger partial charge in [0.2, 0.25) is 0 Å². The van der Waals surface area contributed by atoms with Crippen LogP contribution in [0.15, 0.2) is 54.7 Å². The molecule has 2 bridgehead atoms. The van der Waals surface area contributed by atoms with Gasteiger partial charge in [-0.05, 0) is 72.4 Å². The fourth-order valence-electron chi connectivity index (χ4n) is 6.82. The van der Waals surface area contributed by atoms with Crippen LogP contribution in [0.3, 0.4) is 0 Å². The van der Waals surface area contributed by atoms with Crippen LogP contribution in [0.25, 0.3) is 16.5 Å². The molecule has 1 fully saturated rings. The van der Waals surface area contributed by atoms with Crippen molar-refractivity contribution in [3.05, 3.63) is 77.1 Å². The summed E-state index contributed by atoms with van der Waals surface area (Å²) in [6, 6.07) is 19.0. The third-order valence-electron chi connectivity index (χ3n) is 8.34. The van der Waals surface area contributed by atoms with Crippen LogP contribution in [0.5, 0.6) is 0 Å². The minimum Gasteiger partial charge on any atom is -0.377 e. The summed E-state index contributed by atoms with van der Waals surface area (Å²) >= 11 is 0. The Balaban J connectivity index is 1.30. The Bertz CT molecular complexity index is 1160. The number of aromatic nitrogens is 1. The summed E-state index contributed by atoms with van der Waals surface area (Å²) < 4.78 is 2.67. The fraction of sp³-hybridized carbons (Fsp3) is 0.429. The molecule has 8 rings (SSSR count). The molecule has 1 aliphatic carbocycles. The summed E-state index contributed by atoms with van der Waals surface area (Å²) in [7, 11) is 0. The highest BCUT2D eigenvalue weighted by molar-refractivity contribution is 5.90. The van der Waals surface area contributed by atoms with E-state index in [1.165, 1.54) is 67.2 Å². The molecular formula is C28H31N3. The molecule has 4 aliphatic heterocycles. The summed E-state index contributed by atoms with van der Waals surface area (Å²) in [5, 5.41) is 1.54. The SMILES string of the molecule is C1=C(c2ccc3c(c2)c2c4n3CCN(Cc3ccccc3)C4CCC2)C2CCN1CC2. The van der Waals surface area contributed by atoms with E-state index in [1.54, 1.807) is 16.8 Å². The van der Waals surface area contributed by atoms with Crippen molar-refractivity contribution in [3.8, 4) is 0 Å². The van der Waals surface area contributed by atoms with E-state index in [1.807, 2.05) is 0 Å². The van der Waals surface area contributed by atoms with Crippen LogP contribution in [0.2, 0.25) is 0 Å². The van der Waals surface area contributed by atoms with Gasteiger partial charge in [0.15, 0.2) is 0 Å². The number of aryl methyl sites for hydroxylation is 1. The van der Waals surface area contributed by atoms with Gasteiger partial charge in [-0.15, -0.1) is 0 Å². The summed E-state index contributed by atoms with van der Waals surface area (Å²) in [6.07, 6.45) is 8.98. The van der Waals surface area contributed by atoms with E-state index in [2.05, 4.69) is 69.1 Å². The molecule has 0 saturated carbocycles. The number of hydrogen-bond donors (Lipinski definition) is 0. The molecule has 31 heavy (non-hydrogen) atoms. The summed E-state index contributed by atoms with van der Waals surface area (Å²) in [4.78, 5) is 5.27. The maximum Gasteiger partial charge on any atom is 0.0508 e. The number of allylic oxidation sites excluding steroid dienone is 1. The number of nitrogens with zero attached hydrogens (tertiary/aromatic N) is 3. The van der Waals surface area contributed by atoms with Gasteiger partial charge < -0.3 is 9.47 Å². The zero-order valence-corrected chi connectivity index (χ0v) is 18.3. The molecule has 5 aliphatic rings. The van der Waals surface area contributed by atoms with E-state index in [9.17, 15) is 0 Å². The van der Waals surface area contributed by atoms with Crippen molar-refractivity contribution in [3.63, 3.8) is 0 Å². The first-order valence-electron chi connectivity index (χ1n) is 12.2. The maximum atomic E-state index is 2.74. The molecule has 1 atom stereocenters. The second kappa shape index (κ2) is 7.00. The minimum atomic E-state index is 0.574. The Morgan fingerprint density at radius 2 is 1.74 bits per heavy atom. The van der Waals surface area contributed by atoms with Gasteiger partial charge in [-0.2, -0.15) is 0 Å². The normalized spacial score (nSPS) is 23.3. The van der Waals surface area contributed by atoms with Gasteiger partial charge in [0, 0.05) is 55.5 Å². The first kappa shape index (κ1) is 18.1. The van der Waals surface area contributed by atoms with Gasteiger partial charge in [0.25, 0.3) is 0 Å². The minimum absolute atomic E-state index is 0.574. The molecule has 0 spiro atoms. The zero-order chi connectivity index (χ0) is 20.4. The highest BCUT2D eigenvalue weighted by Gasteiger charge is 2.35. The van der Waals surface area contributed by atoms with Crippen LogP contribution >= 0.6 is 0 Å². The quantitative estimate of drug-likeness (QED) is 0.558. The lowest BCUT2D eigenvalue weighted by molar-refractivity contribution is 0.133. The molecule has 1 unspecified atom stereocenters. The number of benzene rings is 2. The summed E-state index contributed by atoms with van der Waals surface area (Å²) in [5.41, 5.74) is 9.26. The van der Waals surface area contributed by atoms with Crippen molar-refractivity contribution in [2.75, 3.05) is 19.6 Å². The van der Waals surface area contributed by atoms with E-state index in [0.717, 1.165) is 25.6 Å². The molecule has 3 nitrogen and oxygen atoms in total. The molecule has 3 aromatic rings. The highest BCUT2D eigenvalue weighted by atomic mass is 15.2. The molecule has 1 saturated heterocycles. The van der Waals surface area contributed by atoms with Gasteiger partial charge in [0.05, 0.1) is 6.04 Å². The lowest BCUT2D eigenvalue weighted by Gasteiger charge is -2.40. The molecule has 5 heterocycles. The topological polar surface area (TPSA) is 11.4 Å². The van der Waals surface area contributed by atoms with Crippen LogP contribution in [-0.2, 0) is 19.5 Å². The van der Waals surface area contributed by atoms with E-state index < -0.39 is 0 Å². The first-order chi connectivity index (χ1) is 15.3. The second-order valence-electron chi connectivity index (χ2n) is 10.0. The molecule has 0 radical (unpaired) electrons. The van der Waals surface area contributed by atoms with Gasteiger partial charge in [-0.1, -0.05) is 36.4 Å². The third kappa shape index (κ3) is 2.82. The van der Waals surface area contributed by atoms with Crippen LogP contribution in [0.1, 0.15) is 54.1 Å². The summed E-state index contributed by atoms with van der Waals surface area (Å²) in [6.45, 7) is 5.84. The fourth-order valence-corrected chi connectivity index (χ4v) is 6.82. The summed E-state index contributed by atoms with van der Waals surface area (Å²) in [5.74, 6) is 0.769. The van der Waals surface area contributed by atoms with E-state index in [4.69, 9.17) is 0 Å². The largest absolute Gasteiger partial charge is 0.377 e. The molecule has 0 amide bonds. The van der Waals surface area contributed by atoms with Crippen LogP contribution in [-0.4, -0.2) is 34.0 Å². The molecular weight excluding hydrogens is 378 g/mol. The average Bonchev–Trinajstić information content (AvgIpc) is 3.17. The van der Waals surface area contributed by atoms with Crippen molar-refractivity contribution in [2.45, 2.75) is 51.2 Å². The van der Waals surface area contributed by atoms with Crippen molar-refractivity contribution < 1.29 is 0 Å². The smallest absolute Gasteiger partial charge is 0.0508 e. The van der Waals surface area contributed by atoms with Gasteiger partial charge in [-0.3, -0.25) is 4.90 Å². The monoisotopic (exact) mass is 409 g/mol. The molecule has 1 aromatic heterocycles. The standard InChI is InChI=1S/C28H31N3/c1-2-5-20(6-3-1)18-30-15-16-31-26-10-9-22(25-19-29-13-11-21(25)12-14-29)17-24(26)23-7-4-8-27(30)28(23)31/h1-3,5-6,9-10,17,19,21,27H,4,7-8,11-16,18H2. The molecule has 2 aromatic carbocycles. The van der Waals surface area contributed by atoms with Crippen molar-refractivity contribution in [1.29, 1.82) is 0 Å². The Labute approximate surface area is 185 Å². The second-order valence-corrected chi connectivity index (χ2v) is 10.0.